The molecule has 0 aliphatic carbocycles. The van der Waals surface area contributed by atoms with Crippen molar-refractivity contribution in [3.8, 4) is 22.6 Å². The maximum Gasteiger partial charge on any atom is 0.266 e. The van der Waals surface area contributed by atoms with Crippen LogP contribution in [0.5, 0.6) is 11.5 Å². The Morgan fingerprint density at radius 1 is 1.14 bits per heavy atom. The third kappa shape index (κ3) is 5.41. The SMILES string of the molecule is CCCCc1[nH]c(=O)c(Sc2ccc(-c3ccncc3C)cc2)c(O)c1N(C)c1cccc(OC)c1. The number of methoxy groups -OCH3 is 1. The standard InChI is InChI=1S/C29H31N3O3S/c1-5-6-10-25-26(32(3)21-8-7-9-22(17-21)35-4)27(33)28(29(34)31-25)36-23-13-11-20(12-14-23)24-15-16-30-18-19(24)2/h7-9,11-18H,5-6,10H2,1-4H3,(H2,31,33,34). The van der Waals surface area contributed by atoms with Gasteiger partial charge in [0, 0.05) is 41.8 Å². The van der Waals surface area contributed by atoms with Crippen molar-refractivity contribution in [2.75, 3.05) is 19.1 Å². The first-order chi connectivity index (χ1) is 17.4. The second-order valence-corrected chi connectivity index (χ2v) is 9.72. The molecule has 0 amide bonds. The summed E-state index contributed by atoms with van der Waals surface area (Å²) < 4.78 is 5.38. The number of aromatic amines is 1. The van der Waals surface area contributed by atoms with Gasteiger partial charge in [-0.3, -0.25) is 9.78 Å². The first-order valence-corrected chi connectivity index (χ1v) is 12.8. The number of anilines is 2. The average molecular weight is 502 g/mol. The van der Waals surface area contributed by atoms with Crippen LogP contribution in [0.1, 0.15) is 31.0 Å². The maximum absolute atomic E-state index is 13.1. The molecule has 0 spiro atoms. The van der Waals surface area contributed by atoms with E-state index >= 15 is 0 Å². The van der Waals surface area contributed by atoms with Gasteiger partial charge >= 0.3 is 0 Å². The average Bonchev–Trinajstić information content (AvgIpc) is 2.90. The molecule has 4 rings (SSSR count). The van der Waals surface area contributed by atoms with E-state index in [2.05, 4.69) is 16.9 Å². The lowest BCUT2D eigenvalue weighted by Gasteiger charge is -2.25. The van der Waals surface area contributed by atoms with Gasteiger partial charge in [0.05, 0.1) is 7.11 Å². The summed E-state index contributed by atoms with van der Waals surface area (Å²) in [6.07, 6.45) is 6.16. The van der Waals surface area contributed by atoms with E-state index in [1.807, 2.05) is 79.7 Å². The number of nitrogens with zero attached hydrogens (tertiary/aromatic N) is 2. The van der Waals surface area contributed by atoms with Crippen LogP contribution in [0.15, 0.2) is 81.6 Å². The van der Waals surface area contributed by atoms with Crippen molar-refractivity contribution in [1.29, 1.82) is 0 Å². The lowest BCUT2D eigenvalue weighted by Crippen LogP contribution is -2.19. The summed E-state index contributed by atoms with van der Waals surface area (Å²) in [4.78, 5) is 23.3. The Bertz CT molecular complexity index is 1400. The quantitative estimate of drug-likeness (QED) is 0.265. The molecule has 36 heavy (non-hydrogen) atoms. The fourth-order valence-corrected chi connectivity index (χ4v) is 5.01. The first kappa shape index (κ1) is 25.4. The van der Waals surface area contributed by atoms with Crippen molar-refractivity contribution in [1.82, 2.24) is 9.97 Å². The zero-order valence-corrected chi connectivity index (χ0v) is 21.9. The van der Waals surface area contributed by atoms with Crippen molar-refractivity contribution in [2.24, 2.45) is 0 Å². The summed E-state index contributed by atoms with van der Waals surface area (Å²) >= 11 is 1.26. The summed E-state index contributed by atoms with van der Waals surface area (Å²) in [5.74, 6) is 0.701. The predicted molar refractivity (Wildman–Crippen MR) is 147 cm³/mol. The topological polar surface area (TPSA) is 78.5 Å². The molecule has 0 radical (unpaired) electrons. The number of hydrogen-bond donors (Lipinski definition) is 2. The summed E-state index contributed by atoms with van der Waals surface area (Å²) in [5, 5.41) is 11.4. The Morgan fingerprint density at radius 2 is 1.92 bits per heavy atom. The molecule has 0 atom stereocenters. The van der Waals surface area contributed by atoms with Crippen molar-refractivity contribution < 1.29 is 9.84 Å². The monoisotopic (exact) mass is 501 g/mol. The number of rotatable bonds is 9. The number of hydrogen-bond acceptors (Lipinski definition) is 6. The summed E-state index contributed by atoms with van der Waals surface area (Å²) in [6, 6.07) is 17.6. The van der Waals surface area contributed by atoms with Gasteiger partial charge in [0.25, 0.3) is 5.56 Å². The van der Waals surface area contributed by atoms with Crippen LogP contribution in [0.4, 0.5) is 11.4 Å². The summed E-state index contributed by atoms with van der Waals surface area (Å²) in [5.41, 5.74) is 5.17. The van der Waals surface area contributed by atoms with Gasteiger partial charge in [0.2, 0.25) is 0 Å². The molecule has 0 aliphatic heterocycles. The Labute approximate surface area is 216 Å². The smallest absolute Gasteiger partial charge is 0.266 e. The molecule has 0 aliphatic rings. The Balaban J connectivity index is 1.72. The molecule has 0 fully saturated rings. The lowest BCUT2D eigenvalue weighted by molar-refractivity contribution is 0.415. The first-order valence-electron chi connectivity index (χ1n) is 12.0. The van der Waals surface area contributed by atoms with Crippen molar-refractivity contribution in [2.45, 2.75) is 42.9 Å². The number of pyridine rings is 2. The largest absolute Gasteiger partial charge is 0.504 e. The lowest BCUT2D eigenvalue weighted by atomic mass is 10.0. The number of nitrogens with one attached hydrogen (secondary N) is 1. The van der Waals surface area contributed by atoms with E-state index in [1.54, 1.807) is 13.3 Å². The molecule has 2 heterocycles. The second-order valence-electron chi connectivity index (χ2n) is 8.64. The van der Waals surface area contributed by atoms with Crippen molar-refractivity contribution in [3.63, 3.8) is 0 Å². The van der Waals surface area contributed by atoms with Gasteiger partial charge in [-0.05, 0) is 66.8 Å². The highest BCUT2D eigenvalue weighted by Crippen LogP contribution is 2.42. The van der Waals surface area contributed by atoms with E-state index in [9.17, 15) is 9.90 Å². The van der Waals surface area contributed by atoms with Crippen LogP contribution >= 0.6 is 11.8 Å². The van der Waals surface area contributed by atoms with Crippen LogP contribution < -0.4 is 15.2 Å². The normalized spacial score (nSPS) is 10.9. The van der Waals surface area contributed by atoms with Crippen LogP contribution in [0.3, 0.4) is 0 Å². The fourth-order valence-electron chi connectivity index (χ4n) is 4.17. The minimum atomic E-state index is -0.291. The predicted octanol–water partition coefficient (Wildman–Crippen LogP) is 6.72. The van der Waals surface area contributed by atoms with Crippen LogP contribution in [-0.4, -0.2) is 29.2 Å². The van der Waals surface area contributed by atoms with Crippen LogP contribution in [0, 0.1) is 6.92 Å². The number of H-pyrrole nitrogens is 1. The molecular weight excluding hydrogens is 470 g/mol. The fraction of sp³-hybridized carbons (Fsp3) is 0.241. The van der Waals surface area contributed by atoms with Crippen LogP contribution in [-0.2, 0) is 6.42 Å². The number of aromatic hydroxyl groups is 1. The van der Waals surface area contributed by atoms with Gasteiger partial charge < -0.3 is 19.7 Å². The van der Waals surface area contributed by atoms with E-state index in [0.29, 0.717) is 12.1 Å². The molecule has 186 valence electrons. The summed E-state index contributed by atoms with van der Waals surface area (Å²) in [6.45, 7) is 4.13. The van der Waals surface area contributed by atoms with Gasteiger partial charge in [-0.2, -0.15) is 0 Å². The third-order valence-corrected chi connectivity index (χ3v) is 7.25. The van der Waals surface area contributed by atoms with Crippen LogP contribution in [0.25, 0.3) is 11.1 Å². The Hall–Kier alpha value is -3.71. The van der Waals surface area contributed by atoms with Gasteiger partial charge in [-0.1, -0.05) is 43.3 Å². The van der Waals surface area contributed by atoms with Gasteiger partial charge in [-0.15, -0.1) is 0 Å². The highest BCUT2D eigenvalue weighted by molar-refractivity contribution is 7.99. The molecule has 2 N–H and O–H groups in total. The molecule has 2 aromatic heterocycles. The molecule has 0 bridgehead atoms. The Morgan fingerprint density at radius 3 is 2.61 bits per heavy atom. The Kier molecular flexibility index (Phi) is 8.00. The number of ether oxygens (including phenoxy) is 1. The van der Waals surface area contributed by atoms with Crippen molar-refractivity contribution in [3.05, 3.63) is 88.6 Å². The minimum Gasteiger partial charge on any atom is -0.504 e. The van der Waals surface area contributed by atoms with E-state index in [4.69, 9.17) is 4.74 Å². The highest BCUT2D eigenvalue weighted by Gasteiger charge is 2.22. The molecule has 6 nitrogen and oxygen atoms in total. The van der Waals surface area contributed by atoms with Gasteiger partial charge in [0.1, 0.15) is 16.3 Å². The molecule has 0 unspecified atom stereocenters. The summed E-state index contributed by atoms with van der Waals surface area (Å²) in [7, 11) is 3.51. The minimum absolute atomic E-state index is 0.0192. The van der Waals surface area contributed by atoms with Gasteiger partial charge in [-0.25, -0.2) is 0 Å². The van der Waals surface area contributed by atoms with Crippen molar-refractivity contribution >= 4 is 23.1 Å². The molecule has 7 heteroatoms. The van der Waals surface area contributed by atoms with Crippen LogP contribution in [0.2, 0.25) is 0 Å². The van der Waals surface area contributed by atoms with E-state index < -0.39 is 0 Å². The van der Waals surface area contributed by atoms with Gasteiger partial charge in [0.15, 0.2) is 5.75 Å². The second kappa shape index (κ2) is 11.4. The number of benzene rings is 2. The molecular formula is C29H31N3O3S. The highest BCUT2D eigenvalue weighted by atomic mass is 32.2. The van der Waals surface area contributed by atoms with E-state index in [0.717, 1.165) is 51.6 Å². The molecule has 0 saturated heterocycles. The van der Waals surface area contributed by atoms with E-state index in [1.165, 1.54) is 11.8 Å². The molecule has 2 aromatic carbocycles. The maximum atomic E-state index is 13.1. The van der Waals surface area contributed by atoms with E-state index in [-0.39, 0.29) is 16.2 Å². The molecule has 0 saturated carbocycles. The number of unbranched alkanes of at least 4 members (excludes halogenated alkanes) is 1. The molecule has 4 aromatic rings. The zero-order valence-electron chi connectivity index (χ0n) is 21.0. The zero-order chi connectivity index (χ0) is 25.7. The number of aryl methyl sites for hydroxylation is 2. The third-order valence-electron chi connectivity index (χ3n) is 6.16. The number of aromatic nitrogens is 2.